The van der Waals surface area contributed by atoms with E-state index in [1.165, 1.54) is 5.39 Å². The predicted molar refractivity (Wildman–Crippen MR) is 74.2 cm³/mol. The summed E-state index contributed by atoms with van der Waals surface area (Å²) in [5.74, 6) is -0.00639. The lowest BCUT2D eigenvalue weighted by molar-refractivity contribution is -0.137. The Bertz CT molecular complexity index is 632. The molecule has 3 heteroatoms. The largest absolute Gasteiger partial charge is 0.481 e. The molecule has 1 aliphatic carbocycles. The number of hydrogen-bond acceptors (Lipinski definition) is 2. The summed E-state index contributed by atoms with van der Waals surface area (Å²) < 4.78 is 0. The van der Waals surface area contributed by atoms with Gasteiger partial charge in [0, 0.05) is 17.8 Å². The van der Waals surface area contributed by atoms with Crippen LogP contribution in [-0.4, -0.2) is 16.1 Å². The van der Waals surface area contributed by atoms with E-state index in [1.807, 2.05) is 19.3 Å². The summed E-state index contributed by atoms with van der Waals surface area (Å²) in [6.45, 7) is 2.05. The molecule has 0 aliphatic heterocycles. The normalized spacial score (nSPS) is 16.5. The van der Waals surface area contributed by atoms with Crippen LogP contribution in [0.5, 0.6) is 0 Å². The molecule has 98 valence electrons. The molecule has 1 heterocycles. The quantitative estimate of drug-likeness (QED) is 0.909. The second kappa shape index (κ2) is 4.65. The highest BCUT2D eigenvalue weighted by Crippen LogP contribution is 2.45. The van der Waals surface area contributed by atoms with Crippen LogP contribution in [0, 0.1) is 12.8 Å². The topological polar surface area (TPSA) is 50.2 Å². The zero-order chi connectivity index (χ0) is 13.4. The maximum Gasteiger partial charge on any atom is 0.303 e. The highest BCUT2D eigenvalue weighted by molar-refractivity contribution is 5.85. The Balaban J connectivity index is 2.01. The molecule has 1 unspecified atom stereocenters. The molecule has 1 aromatic heterocycles. The van der Waals surface area contributed by atoms with Gasteiger partial charge in [-0.05, 0) is 54.2 Å². The van der Waals surface area contributed by atoms with Crippen molar-refractivity contribution in [2.75, 3.05) is 0 Å². The van der Waals surface area contributed by atoms with Gasteiger partial charge in [0.25, 0.3) is 0 Å². The van der Waals surface area contributed by atoms with Gasteiger partial charge in [-0.3, -0.25) is 9.78 Å². The van der Waals surface area contributed by atoms with E-state index < -0.39 is 5.97 Å². The molecule has 0 spiro atoms. The van der Waals surface area contributed by atoms with E-state index in [0.29, 0.717) is 5.92 Å². The molecule has 1 saturated carbocycles. The summed E-state index contributed by atoms with van der Waals surface area (Å²) in [6.07, 6.45) is 6.26. The van der Waals surface area contributed by atoms with E-state index in [9.17, 15) is 4.79 Å². The molecule has 1 aromatic carbocycles. The minimum absolute atomic E-state index is 0.155. The molecule has 1 fully saturated rings. The number of nitrogens with zero attached hydrogens (tertiary/aromatic N) is 1. The molecule has 3 rings (SSSR count). The number of carboxylic acid groups (broad SMARTS) is 1. The monoisotopic (exact) mass is 255 g/mol. The smallest absolute Gasteiger partial charge is 0.303 e. The maximum atomic E-state index is 11.0. The van der Waals surface area contributed by atoms with E-state index in [-0.39, 0.29) is 12.3 Å². The van der Waals surface area contributed by atoms with Crippen molar-refractivity contribution in [3.63, 3.8) is 0 Å². The molecule has 1 atom stereocenters. The van der Waals surface area contributed by atoms with Gasteiger partial charge in [0.2, 0.25) is 0 Å². The zero-order valence-electron chi connectivity index (χ0n) is 11.0. The molecular formula is C16H17NO2. The second-order valence-corrected chi connectivity index (χ2v) is 5.48. The van der Waals surface area contributed by atoms with Crippen molar-refractivity contribution < 1.29 is 9.90 Å². The van der Waals surface area contributed by atoms with Gasteiger partial charge in [-0.25, -0.2) is 0 Å². The van der Waals surface area contributed by atoms with Gasteiger partial charge in [-0.15, -0.1) is 0 Å². The summed E-state index contributed by atoms with van der Waals surface area (Å²) in [5.41, 5.74) is 2.30. The molecular weight excluding hydrogens is 238 g/mol. The lowest BCUT2D eigenvalue weighted by Gasteiger charge is -2.15. The molecule has 2 aromatic rings. The van der Waals surface area contributed by atoms with Crippen molar-refractivity contribution in [3.8, 4) is 0 Å². The third kappa shape index (κ3) is 2.46. The fourth-order valence-electron chi connectivity index (χ4n) is 2.82. The SMILES string of the molecule is Cc1cncc2cc(C(CC(=O)O)C3CC3)ccc12. The van der Waals surface area contributed by atoms with Gasteiger partial charge >= 0.3 is 5.97 Å². The second-order valence-electron chi connectivity index (χ2n) is 5.48. The number of carbonyl (C=O) groups is 1. The van der Waals surface area contributed by atoms with E-state index in [1.54, 1.807) is 0 Å². The minimum atomic E-state index is -0.709. The van der Waals surface area contributed by atoms with Crippen LogP contribution in [0.15, 0.2) is 30.6 Å². The van der Waals surface area contributed by atoms with Crippen molar-refractivity contribution in [2.45, 2.75) is 32.1 Å². The van der Waals surface area contributed by atoms with Crippen molar-refractivity contribution in [1.82, 2.24) is 4.98 Å². The number of carboxylic acids is 1. The Kier molecular flexibility index (Phi) is 2.97. The summed E-state index contributed by atoms with van der Waals surface area (Å²) in [4.78, 5) is 15.2. The summed E-state index contributed by atoms with van der Waals surface area (Å²) in [6, 6.07) is 6.29. The van der Waals surface area contributed by atoms with Crippen LogP contribution in [0.2, 0.25) is 0 Å². The predicted octanol–water partition coefficient (Wildman–Crippen LogP) is 3.51. The molecule has 0 saturated heterocycles. The first-order valence-corrected chi connectivity index (χ1v) is 6.71. The van der Waals surface area contributed by atoms with E-state index in [0.717, 1.165) is 29.4 Å². The summed E-state index contributed by atoms with van der Waals surface area (Å²) in [5, 5.41) is 11.4. The Labute approximate surface area is 112 Å². The van der Waals surface area contributed by atoms with Crippen molar-refractivity contribution in [3.05, 3.63) is 41.7 Å². The van der Waals surface area contributed by atoms with Crippen molar-refractivity contribution in [2.24, 2.45) is 5.92 Å². The van der Waals surface area contributed by atoms with E-state index >= 15 is 0 Å². The number of fused-ring (bicyclic) bond motifs is 1. The first kappa shape index (κ1) is 12.2. The number of rotatable bonds is 4. The molecule has 0 radical (unpaired) electrons. The fraction of sp³-hybridized carbons (Fsp3) is 0.375. The molecule has 1 aliphatic rings. The van der Waals surface area contributed by atoms with E-state index in [4.69, 9.17) is 5.11 Å². The van der Waals surface area contributed by atoms with Crippen LogP contribution in [0.4, 0.5) is 0 Å². The van der Waals surface area contributed by atoms with Crippen LogP contribution in [0.3, 0.4) is 0 Å². The van der Waals surface area contributed by atoms with Crippen LogP contribution in [-0.2, 0) is 4.79 Å². The number of hydrogen-bond donors (Lipinski definition) is 1. The highest BCUT2D eigenvalue weighted by Gasteiger charge is 2.33. The number of aromatic nitrogens is 1. The number of aryl methyl sites for hydroxylation is 1. The first-order valence-electron chi connectivity index (χ1n) is 6.71. The van der Waals surface area contributed by atoms with Gasteiger partial charge < -0.3 is 5.11 Å². The fourth-order valence-corrected chi connectivity index (χ4v) is 2.82. The number of aliphatic carboxylic acids is 1. The molecule has 0 amide bonds. The summed E-state index contributed by atoms with van der Waals surface area (Å²) >= 11 is 0. The lowest BCUT2D eigenvalue weighted by atomic mass is 9.89. The average Bonchev–Trinajstić information content (AvgIpc) is 3.20. The van der Waals surface area contributed by atoms with Crippen LogP contribution < -0.4 is 0 Å². The zero-order valence-corrected chi connectivity index (χ0v) is 11.0. The maximum absolute atomic E-state index is 11.0. The van der Waals surface area contributed by atoms with Gasteiger partial charge in [-0.2, -0.15) is 0 Å². The Morgan fingerprint density at radius 1 is 1.42 bits per heavy atom. The molecule has 0 bridgehead atoms. The van der Waals surface area contributed by atoms with Crippen LogP contribution in [0.1, 0.15) is 36.3 Å². The van der Waals surface area contributed by atoms with Gasteiger partial charge in [0.05, 0.1) is 6.42 Å². The lowest BCUT2D eigenvalue weighted by Crippen LogP contribution is -2.08. The molecule has 19 heavy (non-hydrogen) atoms. The molecule has 3 nitrogen and oxygen atoms in total. The van der Waals surface area contributed by atoms with Crippen LogP contribution in [0.25, 0.3) is 10.8 Å². The standard InChI is InChI=1S/C16H17NO2/c1-10-8-17-9-13-6-12(4-5-14(10)13)15(7-16(18)19)11-2-3-11/h4-6,8-9,11,15H,2-3,7H2,1H3,(H,18,19). The van der Waals surface area contributed by atoms with Gasteiger partial charge in [0.15, 0.2) is 0 Å². The van der Waals surface area contributed by atoms with Crippen LogP contribution >= 0.6 is 0 Å². The van der Waals surface area contributed by atoms with Crippen molar-refractivity contribution in [1.29, 1.82) is 0 Å². The highest BCUT2D eigenvalue weighted by atomic mass is 16.4. The number of benzene rings is 1. The Hall–Kier alpha value is -1.90. The molecule has 1 N–H and O–H groups in total. The Morgan fingerprint density at radius 2 is 2.21 bits per heavy atom. The first-order chi connectivity index (χ1) is 9.15. The van der Waals surface area contributed by atoms with Crippen molar-refractivity contribution >= 4 is 16.7 Å². The van der Waals surface area contributed by atoms with Gasteiger partial charge in [0.1, 0.15) is 0 Å². The average molecular weight is 255 g/mol. The minimum Gasteiger partial charge on any atom is -0.481 e. The van der Waals surface area contributed by atoms with E-state index in [2.05, 4.69) is 23.2 Å². The third-order valence-corrected chi connectivity index (χ3v) is 4.00. The van der Waals surface area contributed by atoms with Gasteiger partial charge in [-0.1, -0.05) is 12.1 Å². The third-order valence-electron chi connectivity index (χ3n) is 4.00. The summed E-state index contributed by atoms with van der Waals surface area (Å²) in [7, 11) is 0. The Morgan fingerprint density at radius 3 is 2.89 bits per heavy atom. The number of pyridine rings is 1.